The van der Waals surface area contributed by atoms with Gasteiger partial charge in [-0.15, -0.1) is 0 Å². The Kier molecular flexibility index (Phi) is 3.96. The molecule has 1 fully saturated rings. The van der Waals surface area contributed by atoms with E-state index in [0.717, 1.165) is 5.56 Å². The summed E-state index contributed by atoms with van der Waals surface area (Å²) in [6, 6.07) is 4.88. The molecule has 1 aliphatic rings. The highest BCUT2D eigenvalue weighted by Gasteiger charge is 2.30. The molecule has 1 unspecified atom stereocenters. The molecular weight excluding hydrogens is 274 g/mol. The zero-order valence-electron chi connectivity index (χ0n) is 10.1. The first kappa shape index (κ1) is 13.8. The minimum atomic E-state index is -3.60. The van der Waals surface area contributed by atoms with Crippen LogP contribution < -0.4 is 0 Å². The Labute approximate surface area is 112 Å². The molecular formula is C12H16ClNO3S. The van der Waals surface area contributed by atoms with Gasteiger partial charge in [0, 0.05) is 13.1 Å². The number of aryl methyl sites for hydroxylation is 1. The summed E-state index contributed by atoms with van der Waals surface area (Å²) in [5, 5.41) is 9.80. The van der Waals surface area contributed by atoms with Crippen LogP contribution in [0, 0.1) is 6.92 Å². The first-order valence-corrected chi connectivity index (χ1v) is 7.67. The monoisotopic (exact) mass is 289 g/mol. The minimum absolute atomic E-state index is 0.115. The van der Waals surface area contributed by atoms with E-state index in [1.807, 2.05) is 6.92 Å². The number of hydrogen-bond donors (Lipinski definition) is 1. The molecule has 1 aromatic rings. The van der Waals surface area contributed by atoms with Gasteiger partial charge in [-0.05, 0) is 37.5 Å². The van der Waals surface area contributed by atoms with Crippen LogP contribution in [-0.2, 0) is 10.0 Å². The van der Waals surface area contributed by atoms with E-state index < -0.39 is 16.1 Å². The van der Waals surface area contributed by atoms with Crippen LogP contribution in [0.25, 0.3) is 0 Å². The Balaban J connectivity index is 2.35. The predicted octanol–water partition coefficient (Wildman–Crippen LogP) is 1.79. The van der Waals surface area contributed by atoms with E-state index in [1.165, 1.54) is 10.4 Å². The number of β-amino-alcohol motifs (C(OH)–C–C–N with tert-alkyl or cyclic N) is 1. The second kappa shape index (κ2) is 5.17. The molecule has 1 aromatic carbocycles. The quantitative estimate of drug-likeness (QED) is 0.903. The van der Waals surface area contributed by atoms with Crippen molar-refractivity contribution in [2.45, 2.75) is 30.8 Å². The molecule has 1 aliphatic heterocycles. The zero-order valence-corrected chi connectivity index (χ0v) is 11.7. The van der Waals surface area contributed by atoms with Crippen molar-refractivity contribution in [2.24, 2.45) is 0 Å². The van der Waals surface area contributed by atoms with Gasteiger partial charge in [0.25, 0.3) is 0 Å². The summed E-state index contributed by atoms with van der Waals surface area (Å²) in [5.74, 6) is 0. The molecule has 1 atom stereocenters. The lowest BCUT2D eigenvalue weighted by molar-refractivity contribution is 0.108. The van der Waals surface area contributed by atoms with Gasteiger partial charge in [-0.1, -0.05) is 17.7 Å². The van der Waals surface area contributed by atoms with E-state index in [1.54, 1.807) is 12.1 Å². The van der Waals surface area contributed by atoms with Crippen LogP contribution in [0.15, 0.2) is 23.1 Å². The molecule has 0 saturated carbocycles. The third-order valence-electron chi connectivity index (χ3n) is 3.06. The molecule has 0 aliphatic carbocycles. The van der Waals surface area contributed by atoms with Crippen LogP contribution in [0.3, 0.4) is 0 Å². The summed E-state index contributed by atoms with van der Waals surface area (Å²) in [4.78, 5) is 0.115. The first-order chi connectivity index (χ1) is 8.41. The van der Waals surface area contributed by atoms with E-state index in [0.29, 0.717) is 19.4 Å². The molecule has 1 N–H and O–H groups in total. The topological polar surface area (TPSA) is 57.6 Å². The number of sulfonamides is 1. The van der Waals surface area contributed by atoms with Crippen molar-refractivity contribution in [1.82, 2.24) is 4.31 Å². The van der Waals surface area contributed by atoms with E-state index >= 15 is 0 Å². The summed E-state index contributed by atoms with van der Waals surface area (Å²) < 4.78 is 26.1. The van der Waals surface area contributed by atoms with Gasteiger partial charge in [-0.3, -0.25) is 0 Å². The van der Waals surface area contributed by atoms with E-state index in [2.05, 4.69) is 0 Å². The van der Waals surface area contributed by atoms with Crippen LogP contribution in [0.2, 0.25) is 5.02 Å². The fourth-order valence-electron chi connectivity index (χ4n) is 2.09. The van der Waals surface area contributed by atoms with Gasteiger partial charge in [0.2, 0.25) is 10.0 Å². The lowest BCUT2D eigenvalue weighted by Crippen LogP contribution is -2.42. The fourth-order valence-corrected chi connectivity index (χ4v) is 4.18. The van der Waals surface area contributed by atoms with Crippen LogP contribution in [0.4, 0.5) is 0 Å². The number of nitrogens with zero attached hydrogens (tertiary/aromatic N) is 1. The highest BCUT2D eigenvalue weighted by atomic mass is 35.5. The normalized spacial score (nSPS) is 22.1. The van der Waals surface area contributed by atoms with Crippen molar-refractivity contribution in [1.29, 1.82) is 0 Å². The second-order valence-electron chi connectivity index (χ2n) is 4.59. The molecule has 0 bridgehead atoms. The number of aliphatic hydroxyl groups excluding tert-OH is 1. The maximum atomic E-state index is 12.4. The van der Waals surface area contributed by atoms with Gasteiger partial charge >= 0.3 is 0 Å². The molecule has 0 aromatic heterocycles. The summed E-state index contributed by atoms with van der Waals surface area (Å²) in [7, 11) is -3.60. The maximum absolute atomic E-state index is 12.4. The fraction of sp³-hybridized carbons (Fsp3) is 0.500. The molecule has 2 rings (SSSR count). The summed E-state index contributed by atoms with van der Waals surface area (Å²) in [5.41, 5.74) is 0.914. The molecule has 18 heavy (non-hydrogen) atoms. The van der Waals surface area contributed by atoms with Crippen molar-refractivity contribution in [3.63, 3.8) is 0 Å². The van der Waals surface area contributed by atoms with Gasteiger partial charge in [0.15, 0.2) is 0 Å². The molecule has 100 valence electrons. The largest absolute Gasteiger partial charge is 0.392 e. The Hall–Kier alpha value is -0.620. The smallest absolute Gasteiger partial charge is 0.244 e. The van der Waals surface area contributed by atoms with Gasteiger partial charge in [-0.25, -0.2) is 8.42 Å². The second-order valence-corrected chi connectivity index (χ2v) is 6.91. The van der Waals surface area contributed by atoms with Crippen molar-refractivity contribution in [3.05, 3.63) is 28.8 Å². The van der Waals surface area contributed by atoms with Crippen LogP contribution in [0.5, 0.6) is 0 Å². The number of piperidine rings is 1. The first-order valence-electron chi connectivity index (χ1n) is 5.85. The summed E-state index contributed by atoms with van der Waals surface area (Å²) >= 11 is 6.00. The number of benzene rings is 1. The summed E-state index contributed by atoms with van der Waals surface area (Å²) in [6.45, 7) is 2.43. The molecule has 0 radical (unpaired) electrons. The van der Waals surface area contributed by atoms with Crippen LogP contribution >= 0.6 is 11.6 Å². The zero-order chi connectivity index (χ0) is 13.3. The number of rotatable bonds is 2. The lowest BCUT2D eigenvalue weighted by Gasteiger charge is -2.29. The molecule has 0 spiro atoms. The molecule has 6 heteroatoms. The van der Waals surface area contributed by atoms with E-state index in [-0.39, 0.29) is 16.5 Å². The lowest BCUT2D eigenvalue weighted by atomic mass is 10.1. The highest BCUT2D eigenvalue weighted by molar-refractivity contribution is 7.89. The molecule has 4 nitrogen and oxygen atoms in total. The summed E-state index contributed by atoms with van der Waals surface area (Å²) in [6.07, 6.45) is 0.732. The molecule has 1 heterocycles. The van der Waals surface area contributed by atoms with Crippen LogP contribution in [-0.4, -0.2) is 37.0 Å². The number of aliphatic hydroxyl groups is 1. The van der Waals surface area contributed by atoms with Crippen LogP contribution in [0.1, 0.15) is 18.4 Å². The third kappa shape index (κ3) is 2.69. The standard InChI is InChI=1S/C12H16ClNO3S/c1-9-4-5-12(11(13)7-9)18(16,17)14-6-2-3-10(15)8-14/h4-5,7,10,15H,2-3,6,8H2,1H3. The third-order valence-corrected chi connectivity index (χ3v) is 5.41. The SMILES string of the molecule is Cc1ccc(S(=O)(=O)N2CCCC(O)C2)c(Cl)c1. The van der Waals surface area contributed by atoms with Gasteiger partial charge in [0.05, 0.1) is 11.1 Å². The Bertz CT molecular complexity index is 544. The Morgan fingerprint density at radius 2 is 2.17 bits per heavy atom. The number of halogens is 1. The average Bonchev–Trinajstić information content (AvgIpc) is 2.28. The molecule has 0 amide bonds. The maximum Gasteiger partial charge on any atom is 0.244 e. The van der Waals surface area contributed by atoms with Gasteiger partial charge in [0.1, 0.15) is 4.90 Å². The average molecular weight is 290 g/mol. The van der Waals surface area contributed by atoms with Crippen molar-refractivity contribution >= 4 is 21.6 Å². The van der Waals surface area contributed by atoms with Gasteiger partial charge < -0.3 is 5.11 Å². The minimum Gasteiger partial charge on any atom is -0.392 e. The number of hydrogen-bond acceptors (Lipinski definition) is 3. The van der Waals surface area contributed by atoms with Gasteiger partial charge in [-0.2, -0.15) is 4.31 Å². The van der Waals surface area contributed by atoms with E-state index in [9.17, 15) is 13.5 Å². The van der Waals surface area contributed by atoms with E-state index in [4.69, 9.17) is 11.6 Å². The predicted molar refractivity (Wildman–Crippen MR) is 70.2 cm³/mol. The Morgan fingerprint density at radius 1 is 1.44 bits per heavy atom. The molecule has 1 saturated heterocycles. The van der Waals surface area contributed by atoms with Crippen molar-refractivity contribution < 1.29 is 13.5 Å². The highest BCUT2D eigenvalue weighted by Crippen LogP contribution is 2.27. The Morgan fingerprint density at radius 3 is 2.78 bits per heavy atom. The van der Waals surface area contributed by atoms with Crippen molar-refractivity contribution in [3.8, 4) is 0 Å². The van der Waals surface area contributed by atoms with Crippen molar-refractivity contribution in [2.75, 3.05) is 13.1 Å².